The first-order valence-corrected chi connectivity index (χ1v) is 6.86. The number of thiazole rings is 1. The van der Waals surface area contributed by atoms with Crippen molar-refractivity contribution in [3.8, 4) is 0 Å². The van der Waals surface area contributed by atoms with Crippen LogP contribution in [0.5, 0.6) is 0 Å². The molecule has 0 aliphatic carbocycles. The highest BCUT2D eigenvalue weighted by Gasteiger charge is 2.17. The van der Waals surface area contributed by atoms with Crippen molar-refractivity contribution in [3.05, 3.63) is 56.8 Å². The van der Waals surface area contributed by atoms with E-state index >= 15 is 0 Å². The summed E-state index contributed by atoms with van der Waals surface area (Å²) in [4.78, 5) is 25.9. The standard InChI is InChI=1S/C13H8FN3O4S/c1-16-11-7(14)3-2-4-9(11)22-13(16)15-12(18)8-5-6-10(21-8)17(19)20/h2-6H,1H3. The highest BCUT2D eigenvalue weighted by molar-refractivity contribution is 7.16. The van der Waals surface area contributed by atoms with E-state index in [0.717, 1.165) is 17.4 Å². The SMILES string of the molecule is Cn1c(=NC(=O)c2ccc([N+](=O)[O-])o2)sc2cccc(F)c21. The molecule has 22 heavy (non-hydrogen) atoms. The second-order valence-corrected chi connectivity index (χ2v) is 5.35. The number of aromatic nitrogens is 1. The summed E-state index contributed by atoms with van der Waals surface area (Å²) in [5.41, 5.74) is 0.337. The Morgan fingerprint density at radius 2 is 2.18 bits per heavy atom. The predicted octanol–water partition coefficient (Wildman–Crippen LogP) is 2.62. The molecule has 9 heteroatoms. The molecule has 0 atom stereocenters. The van der Waals surface area contributed by atoms with Gasteiger partial charge in [0.1, 0.15) is 10.7 Å². The van der Waals surface area contributed by atoms with E-state index in [1.165, 1.54) is 16.7 Å². The molecule has 0 aliphatic heterocycles. The number of amides is 1. The van der Waals surface area contributed by atoms with Crippen molar-refractivity contribution in [2.24, 2.45) is 12.0 Å². The molecular formula is C13H8FN3O4S. The van der Waals surface area contributed by atoms with Crippen molar-refractivity contribution in [2.75, 3.05) is 0 Å². The lowest BCUT2D eigenvalue weighted by Crippen LogP contribution is -2.13. The van der Waals surface area contributed by atoms with Gasteiger partial charge < -0.3 is 8.98 Å². The molecule has 0 unspecified atom stereocenters. The molecule has 3 rings (SSSR count). The van der Waals surface area contributed by atoms with Crippen LogP contribution < -0.4 is 4.80 Å². The summed E-state index contributed by atoms with van der Waals surface area (Å²) in [6.45, 7) is 0. The van der Waals surface area contributed by atoms with Crippen molar-refractivity contribution in [3.63, 3.8) is 0 Å². The first-order chi connectivity index (χ1) is 10.5. The van der Waals surface area contributed by atoms with Gasteiger partial charge in [-0.3, -0.25) is 14.9 Å². The van der Waals surface area contributed by atoms with Gasteiger partial charge in [0.15, 0.2) is 4.80 Å². The molecule has 0 bridgehead atoms. The lowest BCUT2D eigenvalue weighted by Gasteiger charge is -1.96. The topological polar surface area (TPSA) is 90.6 Å². The molecule has 112 valence electrons. The predicted molar refractivity (Wildman–Crippen MR) is 76.0 cm³/mol. The van der Waals surface area contributed by atoms with Crippen LogP contribution in [0.3, 0.4) is 0 Å². The number of nitro groups is 1. The number of benzene rings is 1. The van der Waals surface area contributed by atoms with Gasteiger partial charge in [0.2, 0.25) is 5.76 Å². The summed E-state index contributed by atoms with van der Waals surface area (Å²) in [6.07, 6.45) is 0. The highest BCUT2D eigenvalue weighted by Crippen LogP contribution is 2.20. The monoisotopic (exact) mass is 321 g/mol. The minimum absolute atomic E-state index is 0.246. The zero-order valence-corrected chi connectivity index (χ0v) is 12.0. The van der Waals surface area contributed by atoms with E-state index in [9.17, 15) is 19.3 Å². The molecule has 0 saturated heterocycles. The Hall–Kier alpha value is -2.81. The molecule has 7 nitrogen and oxygen atoms in total. The minimum Gasteiger partial charge on any atom is -0.395 e. The molecule has 0 spiro atoms. The Labute approximate surface area is 126 Å². The summed E-state index contributed by atoms with van der Waals surface area (Å²) in [7, 11) is 1.58. The van der Waals surface area contributed by atoms with Crippen molar-refractivity contribution in [2.45, 2.75) is 0 Å². The molecule has 0 saturated carbocycles. The van der Waals surface area contributed by atoms with E-state index in [4.69, 9.17) is 4.42 Å². The average Bonchev–Trinajstić information content (AvgIpc) is 3.06. The molecule has 2 aromatic heterocycles. The van der Waals surface area contributed by atoms with E-state index in [1.807, 2.05) is 0 Å². The largest absolute Gasteiger partial charge is 0.433 e. The molecular weight excluding hydrogens is 313 g/mol. The number of carbonyl (C=O) groups excluding carboxylic acids is 1. The van der Waals surface area contributed by atoms with Gasteiger partial charge in [-0.05, 0) is 18.2 Å². The molecule has 0 radical (unpaired) electrons. The smallest absolute Gasteiger partial charge is 0.395 e. The summed E-state index contributed by atoms with van der Waals surface area (Å²) in [5, 5.41) is 10.5. The van der Waals surface area contributed by atoms with Crippen LogP contribution in [0.15, 0.2) is 39.7 Å². The maximum absolute atomic E-state index is 13.8. The van der Waals surface area contributed by atoms with E-state index < -0.39 is 22.5 Å². The van der Waals surface area contributed by atoms with Crippen molar-refractivity contribution in [1.82, 2.24) is 4.57 Å². The van der Waals surface area contributed by atoms with Crippen molar-refractivity contribution >= 4 is 33.3 Å². The Kier molecular flexibility index (Phi) is 3.33. The van der Waals surface area contributed by atoms with E-state index in [2.05, 4.69) is 4.99 Å². The number of hydrogen-bond donors (Lipinski definition) is 0. The Balaban J connectivity index is 2.08. The molecule has 0 aliphatic rings. The molecule has 0 N–H and O–H groups in total. The maximum Gasteiger partial charge on any atom is 0.433 e. The van der Waals surface area contributed by atoms with Crippen LogP contribution in [0.1, 0.15) is 10.6 Å². The third kappa shape index (κ3) is 2.31. The van der Waals surface area contributed by atoms with Gasteiger partial charge in [-0.25, -0.2) is 4.39 Å². The summed E-state index contributed by atoms with van der Waals surface area (Å²) >= 11 is 1.13. The number of rotatable bonds is 2. The van der Waals surface area contributed by atoms with Crippen molar-refractivity contribution in [1.29, 1.82) is 0 Å². The fourth-order valence-electron chi connectivity index (χ4n) is 1.95. The third-order valence-corrected chi connectivity index (χ3v) is 4.05. The normalized spacial score (nSPS) is 12.0. The van der Waals surface area contributed by atoms with Crippen LogP contribution in [-0.4, -0.2) is 15.4 Å². The lowest BCUT2D eigenvalue weighted by atomic mass is 10.3. The number of aryl methyl sites for hydroxylation is 1. The summed E-state index contributed by atoms with van der Waals surface area (Å²) in [5.74, 6) is -1.97. The summed E-state index contributed by atoms with van der Waals surface area (Å²) < 4.78 is 20.7. The van der Waals surface area contributed by atoms with Crippen LogP contribution in [-0.2, 0) is 7.05 Å². The Bertz CT molecular complexity index is 969. The number of hydrogen-bond acceptors (Lipinski definition) is 5. The van der Waals surface area contributed by atoms with Gasteiger partial charge >= 0.3 is 11.8 Å². The second kappa shape index (κ2) is 5.19. The highest BCUT2D eigenvalue weighted by atomic mass is 32.1. The van der Waals surface area contributed by atoms with Gasteiger partial charge in [-0.1, -0.05) is 17.4 Å². The van der Waals surface area contributed by atoms with Gasteiger partial charge in [-0.15, -0.1) is 0 Å². The quantitative estimate of drug-likeness (QED) is 0.536. The maximum atomic E-state index is 13.8. The zero-order valence-electron chi connectivity index (χ0n) is 11.1. The van der Waals surface area contributed by atoms with Crippen LogP contribution in [0, 0.1) is 15.9 Å². The zero-order chi connectivity index (χ0) is 15.9. The number of halogens is 1. The van der Waals surface area contributed by atoms with E-state index in [1.54, 1.807) is 19.2 Å². The molecule has 1 amide bonds. The molecule has 3 aromatic rings. The summed E-state index contributed by atoms with van der Waals surface area (Å²) in [6, 6.07) is 6.85. The Morgan fingerprint density at radius 1 is 1.41 bits per heavy atom. The van der Waals surface area contributed by atoms with Crippen LogP contribution in [0.2, 0.25) is 0 Å². The van der Waals surface area contributed by atoms with Crippen LogP contribution >= 0.6 is 11.3 Å². The van der Waals surface area contributed by atoms with Gasteiger partial charge in [0.25, 0.3) is 0 Å². The number of carbonyl (C=O) groups is 1. The van der Waals surface area contributed by atoms with Crippen molar-refractivity contribution < 1.29 is 18.5 Å². The van der Waals surface area contributed by atoms with E-state index in [0.29, 0.717) is 10.2 Å². The fraction of sp³-hybridized carbons (Fsp3) is 0.0769. The molecule has 2 heterocycles. The van der Waals surface area contributed by atoms with Gasteiger partial charge in [0.05, 0.1) is 16.3 Å². The number of nitrogens with zero attached hydrogens (tertiary/aromatic N) is 3. The average molecular weight is 321 g/mol. The van der Waals surface area contributed by atoms with Gasteiger partial charge in [0, 0.05) is 7.05 Å². The molecule has 1 aromatic carbocycles. The first-order valence-electron chi connectivity index (χ1n) is 6.04. The lowest BCUT2D eigenvalue weighted by molar-refractivity contribution is -0.402. The Morgan fingerprint density at radius 3 is 2.82 bits per heavy atom. The van der Waals surface area contributed by atoms with Crippen LogP contribution in [0.4, 0.5) is 10.3 Å². The number of para-hydroxylation sites is 1. The molecule has 0 fully saturated rings. The third-order valence-electron chi connectivity index (χ3n) is 2.95. The van der Waals surface area contributed by atoms with E-state index in [-0.39, 0.29) is 10.6 Å². The van der Waals surface area contributed by atoms with Crippen LogP contribution in [0.25, 0.3) is 10.2 Å². The number of fused-ring (bicyclic) bond motifs is 1. The number of furan rings is 1. The first kappa shape index (κ1) is 14.1. The fourth-order valence-corrected chi connectivity index (χ4v) is 2.98. The van der Waals surface area contributed by atoms with Gasteiger partial charge in [-0.2, -0.15) is 4.99 Å². The minimum atomic E-state index is -0.768. The second-order valence-electron chi connectivity index (χ2n) is 4.34.